The Morgan fingerprint density at radius 1 is 1.21 bits per heavy atom. The Morgan fingerprint density at radius 2 is 2.03 bits per heavy atom. The fraction of sp³-hybridized carbons (Fsp3) is 0.286. The number of methoxy groups -OCH3 is 1. The molecule has 0 spiro atoms. The average Bonchev–Trinajstić information content (AvgIpc) is 3.51. The maximum Gasteiger partial charge on any atom is 0.357 e. The van der Waals surface area contributed by atoms with Crippen molar-refractivity contribution in [3.05, 3.63) is 47.4 Å². The summed E-state index contributed by atoms with van der Waals surface area (Å²) in [6.45, 7) is 0.255. The van der Waals surface area contributed by atoms with E-state index in [1.54, 1.807) is 25.4 Å². The lowest BCUT2D eigenvalue weighted by Crippen LogP contribution is -2.52. The van der Waals surface area contributed by atoms with Gasteiger partial charge in [-0.15, -0.1) is 5.10 Å². The number of piperidine rings is 1. The van der Waals surface area contributed by atoms with Crippen LogP contribution in [-0.2, 0) is 27.9 Å². The number of hydrogen-bond acceptors (Lipinski definition) is 8. The van der Waals surface area contributed by atoms with Gasteiger partial charge in [-0.3, -0.25) is 24.4 Å². The summed E-state index contributed by atoms with van der Waals surface area (Å²) in [5.41, 5.74) is 3.08. The number of nitrogens with zero attached hydrogens (tertiary/aromatic N) is 6. The standard InChI is InChI=1S/C21H19N7O5/c1-26-18(21(32)33-2)14(8-22-26)15-10-28(25-24-15)12-3-4-13-11(7-12)9-27(20(13)31)16-5-6-17(29)23-19(16)30/h3-4,7-8,10,16H,5-6,9H2,1-2H3,(H,23,29,30). The van der Waals surface area contributed by atoms with Crippen molar-refractivity contribution in [3.8, 4) is 16.9 Å². The third-order valence-electron chi connectivity index (χ3n) is 5.86. The summed E-state index contributed by atoms with van der Waals surface area (Å²) in [5.74, 6) is -1.56. The van der Waals surface area contributed by atoms with Crippen molar-refractivity contribution >= 4 is 23.7 Å². The number of amides is 3. The highest BCUT2D eigenvalue weighted by Gasteiger charge is 2.39. The minimum absolute atomic E-state index is 0.200. The molecule has 0 saturated carbocycles. The van der Waals surface area contributed by atoms with Crippen molar-refractivity contribution < 1.29 is 23.9 Å². The molecule has 0 bridgehead atoms. The third kappa shape index (κ3) is 3.35. The summed E-state index contributed by atoms with van der Waals surface area (Å²) in [5, 5.41) is 14.7. The largest absolute Gasteiger partial charge is 0.464 e. The van der Waals surface area contributed by atoms with Gasteiger partial charge >= 0.3 is 5.97 Å². The highest BCUT2D eigenvalue weighted by molar-refractivity contribution is 6.05. The third-order valence-corrected chi connectivity index (χ3v) is 5.86. The second-order valence-electron chi connectivity index (χ2n) is 7.81. The number of carbonyl (C=O) groups is 4. The van der Waals surface area contributed by atoms with E-state index in [-0.39, 0.29) is 30.5 Å². The van der Waals surface area contributed by atoms with Crippen LogP contribution in [0.1, 0.15) is 39.3 Å². The molecule has 1 fully saturated rings. The van der Waals surface area contributed by atoms with E-state index >= 15 is 0 Å². The molecule has 1 N–H and O–H groups in total. The summed E-state index contributed by atoms with van der Waals surface area (Å²) >= 11 is 0. The summed E-state index contributed by atoms with van der Waals surface area (Å²) < 4.78 is 7.76. The molecule has 1 unspecified atom stereocenters. The van der Waals surface area contributed by atoms with Crippen LogP contribution in [0.4, 0.5) is 0 Å². The van der Waals surface area contributed by atoms with E-state index in [0.717, 1.165) is 5.56 Å². The predicted octanol–water partition coefficient (Wildman–Crippen LogP) is 0.215. The number of fused-ring (bicyclic) bond motifs is 1. The Kier molecular flexibility index (Phi) is 4.77. The number of benzene rings is 1. The lowest BCUT2D eigenvalue weighted by molar-refractivity contribution is -0.136. The van der Waals surface area contributed by atoms with Crippen molar-refractivity contribution in [2.24, 2.45) is 7.05 Å². The molecule has 33 heavy (non-hydrogen) atoms. The molecular formula is C21H19N7O5. The van der Waals surface area contributed by atoms with Crippen LogP contribution in [0, 0.1) is 0 Å². The highest BCUT2D eigenvalue weighted by Crippen LogP contribution is 2.29. The molecule has 2 aromatic heterocycles. The zero-order chi connectivity index (χ0) is 23.3. The minimum atomic E-state index is -0.675. The molecule has 12 nitrogen and oxygen atoms in total. The van der Waals surface area contributed by atoms with Crippen molar-refractivity contribution in [2.75, 3.05) is 7.11 Å². The van der Waals surface area contributed by atoms with Gasteiger partial charge in [-0.25, -0.2) is 9.48 Å². The molecule has 3 aromatic rings. The molecule has 1 atom stereocenters. The molecule has 12 heteroatoms. The van der Waals surface area contributed by atoms with Crippen molar-refractivity contribution in [3.63, 3.8) is 0 Å². The number of carbonyl (C=O) groups excluding carboxylic acids is 4. The monoisotopic (exact) mass is 449 g/mol. The van der Waals surface area contributed by atoms with Gasteiger partial charge in [0.05, 0.1) is 30.8 Å². The van der Waals surface area contributed by atoms with Gasteiger partial charge in [0, 0.05) is 25.6 Å². The van der Waals surface area contributed by atoms with Crippen molar-refractivity contribution in [1.82, 2.24) is 35.0 Å². The lowest BCUT2D eigenvalue weighted by atomic mass is 10.0. The maximum atomic E-state index is 12.9. The van der Waals surface area contributed by atoms with Crippen molar-refractivity contribution in [1.29, 1.82) is 0 Å². The molecule has 2 aliphatic heterocycles. The highest BCUT2D eigenvalue weighted by atomic mass is 16.5. The number of aryl methyl sites for hydroxylation is 1. The van der Waals surface area contributed by atoms with E-state index < -0.39 is 17.9 Å². The van der Waals surface area contributed by atoms with Crippen LogP contribution in [0.2, 0.25) is 0 Å². The Bertz CT molecular complexity index is 1320. The number of nitrogens with one attached hydrogen (secondary N) is 1. The zero-order valence-corrected chi connectivity index (χ0v) is 17.8. The Morgan fingerprint density at radius 3 is 2.79 bits per heavy atom. The molecule has 0 aliphatic carbocycles. The molecule has 168 valence electrons. The van der Waals surface area contributed by atoms with E-state index in [4.69, 9.17) is 4.74 Å². The summed E-state index contributed by atoms with van der Waals surface area (Å²) in [6, 6.07) is 4.55. The average molecular weight is 449 g/mol. The Labute approximate surface area is 187 Å². The number of ether oxygens (including phenoxy) is 1. The quantitative estimate of drug-likeness (QED) is 0.440. The molecule has 0 radical (unpaired) electrons. The first-order valence-electron chi connectivity index (χ1n) is 10.2. The summed E-state index contributed by atoms with van der Waals surface area (Å²) in [7, 11) is 2.92. The van der Waals surface area contributed by atoms with Crippen LogP contribution in [0.3, 0.4) is 0 Å². The molecular weight excluding hydrogens is 430 g/mol. The van der Waals surface area contributed by atoms with Crippen LogP contribution in [0.15, 0.2) is 30.6 Å². The fourth-order valence-electron chi connectivity index (χ4n) is 4.18. The molecule has 1 aromatic carbocycles. The minimum Gasteiger partial charge on any atom is -0.464 e. The number of imide groups is 1. The van der Waals surface area contributed by atoms with E-state index in [2.05, 4.69) is 20.7 Å². The Hall–Kier alpha value is -4.35. The van der Waals surface area contributed by atoms with Gasteiger partial charge in [0.15, 0.2) is 5.69 Å². The first-order chi connectivity index (χ1) is 15.9. The molecule has 3 amide bonds. The first-order valence-corrected chi connectivity index (χ1v) is 10.2. The van der Waals surface area contributed by atoms with Crippen LogP contribution in [-0.4, -0.2) is 66.5 Å². The molecule has 1 saturated heterocycles. The van der Waals surface area contributed by atoms with Crippen LogP contribution in [0.25, 0.3) is 16.9 Å². The van der Waals surface area contributed by atoms with E-state index in [1.165, 1.54) is 27.6 Å². The van der Waals surface area contributed by atoms with Crippen LogP contribution >= 0.6 is 0 Å². The van der Waals surface area contributed by atoms with Gasteiger partial charge in [-0.05, 0) is 30.2 Å². The Balaban J connectivity index is 1.42. The number of esters is 1. The van der Waals surface area contributed by atoms with Gasteiger partial charge in [0.25, 0.3) is 5.91 Å². The normalized spacial score (nSPS) is 17.8. The van der Waals surface area contributed by atoms with E-state index in [1.807, 2.05) is 6.07 Å². The molecule has 2 aliphatic rings. The lowest BCUT2D eigenvalue weighted by Gasteiger charge is -2.29. The van der Waals surface area contributed by atoms with Gasteiger partial charge in [0.2, 0.25) is 11.8 Å². The predicted molar refractivity (Wildman–Crippen MR) is 111 cm³/mol. The fourth-order valence-corrected chi connectivity index (χ4v) is 4.18. The summed E-state index contributed by atoms with van der Waals surface area (Å²) in [6.07, 6.45) is 3.67. The first kappa shape index (κ1) is 20.5. The molecule has 5 rings (SSSR count). The van der Waals surface area contributed by atoms with Gasteiger partial charge in [-0.1, -0.05) is 5.21 Å². The SMILES string of the molecule is COC(=O)c1c(-c2cn(-c3ccc4c(c3)CN(C3CCC(=O)NC3=O)C4=O)nn2)cnn1C. The maximum absolute atomic E-state index is 12.9. The van der Waals surface area contributed by atoms with Gasteiger partial charge in [-0.2, -0.15) is 5.10 Å². The topological polar surface area (TPSA) is 141 Å². The summed E-state index contributed by atoms with van der Waals surface area (Å²) in [4.78, 5) is 50.1. The van der Waals surface area contributed by atoms with E-state index in [9.17, 15) is 19.2 Å². The van der Waals surface area contributed by atoms with E-state index in [0.29, 0.717) is 28.9 Å². The number of hydrogen-bond donors (Lipinski definition) is 1. The van der Waals surface area contributed by atoms with Gasteiger partial charge in [0.1, 0.15) is 11.7 Å². The van der Waals surface area contributed by atoms with Crippen LogP contribution < -0.4 is 5.32 Å². The number of rotatable bonds is 4. The second-order valence-corrected chi connectivity index (χ2v) is 7.81. The van der Waals surface area contributed by atoms with Crippen molar-refractivity contribution in [2.45, 2.75) is 25.4 Å². The molecule has 4 heterocycles. The van der Waals surface area contributed by atoms with Gasteiger partial charge < -0.3 is 9.64 Å². The zero-order valence-electron chi connectivity index (χ0n) is 17.8. The number of aromatic nitrogens is 5. The second kappa shape index (κ2) is 7.65. The van der Waals surface area contributed by atoms with Crippen LogP contribution in [0.5, 0.6) is 0 Å². The smallest absolute Gasteiger partial charge is 0.357 e.